The molecule has 56 heavy (non-hydrogen) atoms. The molecule has 0 radical (unpaired) electrons. The first-order chi connectivity index (χ1) is 27.7. The van der Waals surface area contributed by atoms with E-state index in [0.29, 0.717) is 17.5 Å². The van der Waals surface area contributed by atoms with Crippen LogP contribution in [0.3, 0.4) is 0 Å². The number of fused-ring (bicyclic) bond motifs is 6. The lowest BCUT2D eigenvalue weighted by Gasteiger charge is -2.11. The number of nitrogens with zero attached hydrogens (tertiary/aromatic N) is 4. The van der Waals surface area contributed by atoms with E-state index in [-0.39, 0.29) is 0 Å². The monoisotopic (exact) mass is 716 g/mol. The lowest BCUT2D eigenvalue weighted by molar-refractivity contribution is 0.669. The summed E-state index contributed by atoms with van der Waals surface area (Å²) in [5.41, 5.74) is 12.7. The second-order valence-corrected chi connectivity index (χ2v) is 14.1. The van der Waals surface area contributed by atoms with Crippen molar-refractivity contribution in [1.29, 1.82) is 0 Å². The Bertz CT molecular complexity index is 3180. The smallest absolute Gasteiger partial charge is 0.164 e. The Morgan fingerprint density at radius 3 is 1.45 bits per heavy atom. The standard InChI is InChI=1S/C51H32N4O/c1-3-12-33(13-4-1)49-52-50(34-14-5-2-6-15-34)54-51(53-49)35-22-26-40(27-23-35)55-45-20-9-7-18-41(45)43-31-38(24-28-46(43)55)36-16-11-17-37(30-36)39-25-29-48-44(32-39)42-19-8-10-21-47(42)56-48/h1-32H. The maximum absolute atomic E-state index is 6.10. The minimum atomic E-state index is 0.636. The molecule has 262 valence electrons. The molecule has 0 aliphatic heterocycles. The number of aromatic nitrogens is 4. The fourth-order valence-corrected chi connectivity index (χ4v) is 7.91. The van der Waals surface area contributed by atoms with Gasteiger partial charge in [0.15, 0.2) is 17.5 Å². The fourth-order valence-electron chi connectivity index (χ4n) is 7.91. The molecule has 3 aromatic heterocycles. The lowest BCUT2D eigenvalue weighted by Crippen LogP contribution is -2.00. The number of hydrogen-bond acceptors (Lipinski definition) is 4. The average molecular weight is 717 g/mol. The van der Waals surface area contributed by atoms with Crippen molar-refractivity contribution in [2.45, 2.75) is 0 Å². The number of benzene rings is 8. The molecule has 8 aromatic carbocycles. The van der Waals surface area contributed by atoms with Gasteiger partial charge in [-0.15, -0.1) is 0 Å². The molecule has 0 aliphatic carbocycles. The van der Waals surface area contributed by atoms with Crippen molar-refractivity contribution in [3.05, 3.63) is 194 Å². The molecule has 0 unspecified atom stereocenters. The third-order valence-corrected chi connectivity index (χ3v) is 10.7. The molecular formula is C51H32N4O. The number of rotatable bonds is 6. The molecule has 3 heterocycles. The molecule has 0 aliphatic rings. The first-order valence-electron chi connectivity index (χ1n) is 18.8. The number of para-hydroxylation sites is 2. The molecule has 0 amide bonds. The predicted molar refractivity (Wildman–Crippen MR) is 229 cm³/mol. The third kappa shape index (κ3) is 5.45. The summed E-state index contributed by atoms with van der Waals surface area (Å²) in [4.78, 5) is 14.8. The van der Waals surface area contributed by atoms with E-state index in [1.54, 1.807) is 0 Å². The van der Waals surface area contributed by atoms with Crippen LogP contribution in [0.25, 0.3) is 106 Å². The molecule has 0 N–H and O–H groups in total. The Morgan fingerprint density at radius 2 is 0.768 bits per heavy atom. The van der Waals surface area contributed by atoms with E-state index in [9.17, 15) is 0 Å². The summed E-state index contributed by atoms with van der Waals surface area (Å²) >= 11 is 0. The highest BCUT2D eigenvalue weighted by Gasteiger charge is 2.16. The van der Waals surface area contributed by atoms with Crippen molar-refractivity contribution in [2.24, 2.45) is 0 Å². The van der Waals surface area contributed by atoms with Crippen molar-refractivity contribution < 1.29 is 4.42 Å². The minimum Gasteiger partial charge on any atom is -0.456 e. The molecule has 0 atom stereocenters. The Kier molecular flexibility index (Phi) is 7.42. The highest BCUT2D eigenvalue weighted by molar-refractivity contribution is 6.11. The number of furan rings is 1. The van der Waals surface area contributed by atoms with Gasteiger partial charge in [0.1, 0.15) is 11.2 Å². The van der Waals surface area contributed by atoms with E-state index < -0.39 is 0 Å². The first kappa shape index (κ1) is 31.9. The molecule has 0 bridgehead atoms. The third-order valence-electron chi connectivity index (χ3n) is 10.7. The van der Waals surface area contributed by atoms with Crippen LogP contribution in [0.5, 0.6) is 0 Å². The molecule has 11 rings (SSSR count). The van der Waals surface area contributed by atoms with Crippen LogP contribution in [0.2, 0.25) is 0 Å². The minimum absolute atomic E-state index is 0.636. The summed E-state index contributed by atoms with van der Waals surface area (Å²) in [5, 5.41) is 4.68. The van der Waals surface area contributed by atoms with Crippen LogP contribution in [-0.2, 0) is 0 Å². The Labute approximate surface area is 322 Å². The molecule has 11 aromatic rings. The SMILES string of the molecule is c1ccc(-c2nc(-c3ccccc3)nc(-c3ccc(-n4c5ccccc5c5cc(-c6cccc(-c7ccc8oc9ccccc9c8c7)c6)ccc54)cc3)n2)cc1. The van der Waals surface area contributed by atoms with E-state index in [1.165, 1.54) is 27.5 Å². The highest BCUT2D eigenvalue weighted by atomic mass is 16.3. The zero-order chi connectivity index (χ0) is 37.0. The molecule has 0 saturated heterocycles. The number of hydrogen-bond donors (Lipinski definition) is 0. The summed E-state index contributed by atoms with van der Waals surface area (Å²) < 4.78 is 8.45. The Morgan fingerprint density at radius 1 is 0.304 bits per heavy atom. The van der Waals surface area contributed by atoms with Crippen molar-refractivity contribution >= 4 is 43.7 Å². The summed E-state index contributed by atoms with van der Waals surface area (Å²) in [6.45, 7) is 0. The molecular weight excluding hydrogens is 685 g/mol. The van der Waals surface area contributed by atoms with Gasteiger partial charge >= 0.3 is 0 Å². The zero-order valence-electron chi connectivity index (χ0n) is 30.2. The fraction of sp³-hybridized carbons (Fsp3) is 0. The summed E-state index contributed by atoms with van der Waals surface area (Å²) in [6, 6.07) is 67.7. The molecule has 0 spiro atoms. The van der Waals surface area contributed by atoms with Gasteiger partial charge < -0.3 is 8.98 Å². The van der Waals surface area contributed by atoms with Crippen molar-refractivity contribution in [3.63, 3.8) is 0 Å². The van der Waals surface area contributed by atoms with Crippen LogP contribution >= 0.6 is 0 Å². The largest absolute Gasteiger partial charge is 0.456 e. The maximum atomic E-state index is 6.10. The van der Waals surface area contributed by atoms with Crippen LogP contribution in [0, 0.1) is 0 Å². The van der Waals surface area contributed by atoms with Gasteiger partial charge in [-0.2, -0.15) is 0 Å². The second-order valence-electron chi connectivity index (χ2n) is 14.1. The molecule has 5 heteroatoms. The van der Waals surface area contributed by atoms with E-state index in [4.69, 9.17) is 19.4 Å². The van der Waals surface area contributed by atoms with Gasteiger partial charge in [-0.3, -0.25) is 0 Å². The van der Waals surface area contributed by atoms with Crippen LogP contribution in [-0.4, -0.2) is 19.5 Å². The van der Waals surface area contributed by atoms with Crippen molar-refractivity contribution in [1.82, 2.24) is 19.5 Å². The Balaban J connectivity index is 0.975. The molecule has 5 nitrogen and oxygen atoms in total. The van der Waals surface area contributed by atoms with Gasteiger partial charge in [0.2, 0.25) is 0 Å². The van der Waals surface area contributed by atoms with E-state index in [0.717, 1.165) is 60.9 Å². The quantitative estimate of drug-likeness (QED) is 0.172. The van der Waals surface area contributed by atoms with Crippen LogP contribution in [0.15, 0.2) is 199 Å². The molecule has 0 fully saturated rings. The summed E-state index contributed by atoms with van der Waals surface area (Å²) in [5.74, 6) is 1.93. The highest BCUT2D eigenvalue weighted by Crippen LogP contribution is 2.38. The normalized spacial score (nSPS) is 11.6. The van der Waals surface area contributed by atoms with Crippen LogP contribution in [0.1, 0.15) is 0 Å². The van der Waals surface area contributed by atoms with Gasteiger partial charge in [0.05, 0.1) is 11.0 Å². The van der Waals surface area contributed by atoms with Gasteiger partial charge in [-0.1, -0.05) is 127 Å². The maximum Gasteiger partial charge on any atom is 0.164 e. The second kappa shape index (κ2) is 13.0. The summed E-state index contributed by atoms with van der Waals surface area (Å²) in [6.07, 6.45) is 0. The van der Waals surface area contributed by atoms with E-state index >= 15 is 0 Å². The molecule has 0 saturated carbocycles. The lowest BCUT2D eigenvalue weighted by atomic mass is 9.97. The topological polar surface area (TPSA) is 56.7 Å². The van der Waals surface area contributed by atoms with Crippen molar-refractivity contribution in [3.8, 4) is 62.1 Å². The Hall–Kier alpha value is -7.63. The van der Waals surface area contributed by atoms with Crippen LogP contribution < -0.4 is 0 Å². The predicted octanol–water partition coefficient (Wildman–Crippen LogP) is 13.2. The first-order valence-corrected chi connectivity index (χ1v) is 18.8. The van der Waals surface area contributed by atoms with Gasteiger partial charge in [-0.25, -0.2) is 15.0 Å². The van der Waals surface area contributed by atoms with E-state index in [1.807, 2.05) is 72.8 Å². The van der Waals surface area contributed by atoms with Gasteiger partial charge in [-0.05, 0) is 89.0 Å². The zero-order valence-corrected chi connectivity index (χ0v) is 30.2. The van der Waals surface area contributed by atoms with Gasteiger partial charge in [0, 0.05) is 43.9 Å². The van der Waals surface area contributed by atoms with E-state index in [2.05, 4.69) is 126 Å². The van der Waals surface area contributed by atoms with Crippen molar-refractivity contribution in [2.75, 3.05) is 0 Å². The summed E-state index contributed by atoms with van der Waals surface area (Å²) in [7, 11) is 0. The van der Waals surface area contributed by atoms with Gasteiger partial charge in [0.25, 0.3) is 0 Å². The van der Waals surface area contributed by atoms with Crippen LogP contribution in [0.4, 0.5) is 0 Å². The average Bonchev–Trinajstić information content (AvgIpc) is 3.82.